The molecule has 1 aliphatic rings. The van der Waals surface area contributed by atoms with Gasteiger partial charge in [-0.15, -0.1) is 5.10 Å². The highest BCUT2D eigenvalue weighted by Gasteiger charge is 2.19. The molecule has 30 heavy (non-hydrogen) atoms. The number of carbonyl (C=O) groups excluding carboxylic acids is 1. The SMILES string of the molecule is [2H]C1([2H])N(C(C)=O)C([2H])([2H])C([2H])([2H])N(c2cc(C)cc(Nc3ncn(-c4cc(F)cc(F)c4)n3)c2)C1([2H])[2H]. The molecule has 2 aromatic carbocycles. The molecule has 0 atom stereocenters. The van der Waals surface area contributed by atoms with Gasteiger partial charge in [-0.05, 0) is 42.8 Å². The second kappa shape index (κ2) is 8.10. The third-order valence-corrected chi connectivity index (χ3v) is 4.04. The maximum Gasteiger partial charge on any atom is 0.246 e. The summed E-state index contributed by atoms with van der Waals surface area (Å²) in [6, 6.07) is 6.91. The van der Waals surface area contributed by atoms with Crippen LogP contribution in [-0.2, 0) is 4.79 Å². The third kappa shape index (κ3) is 4.40. The van der Waals surface area contributed by atoms with Crippen molar-refractivity contribution in [2.24, 2.45) is 0 Å². The Morgan fingerprint density at radius 2 is 1.73 bits per heavy atom. The maximum atomic E-state index is 13.6. The zero-order chi connectivity index (χ0) is 28.4. The lowest BCUT2D eigenvalue weighted by atomic mass is 10.1. The van der Waals surface area contributed by atoms with Gasteiger partial charge in [0, 0.05) is 50.4 Å². The van der Waals surface area contributed by atoms with E-state index in [0.717, 1.165) is 23.7 Å². The van der Waals surface area contributed by atoms with Gasteiger partial charge in [0.05, 0.1) is 16.7 Å². The average Bonchev–Trinajstić information content (AvgIpc) is 3.19. The normalized spacial score (nSPS) is 24.8. The molecular formula is C21H22F2N6O. The van der Waals surface area contributed by atoms with Crippen molar-refractivity contribution in [1.29, 1.82) is 0 Å². The van der Waals surface area contributed by atoms with E-state index in [2.05, 4.69) is 15.4 Å². The van der Waals surface area contributed by atoms with Crippen molar-refractivity contribution in [1.82, 2.24) is 19.7 Å². The number of aromatic nitrogens is 3. The molecule has 7 nitrogen and oxygen atoms in total. The smallest absolute Gasteiger partial charge is 0.246 e. The quantitative estimate of drug-likeness (QED) is 0.702. The summed E-state index contributed by atoms with van der Waals surface area (Å²) in [6.45, 7) is -10.6. The summed E-state index contributed by atoms with van der Waals surface area (Å²) in [6.07, 6.45) is 1.19. The molecule has 4 rings (SSSR count). The fourth-order valence-electron chi connectivity index (χ4n) is 2.75. The predicted molar refractivity (Wildman–Crippen MR) is 110 cm³/mol. The number of rotatable bonds is 4. The molecule has 1 aromatic heterocycles. The van der Waals surface area contributed by atoms with Crippen molar-refractivity contribution in [3.05, 3.63) is 59.9 Å². The van der Waals surface area contributed by atoms with E-state index in [9.17, 15) is 13.6 Å². The molecule has 0 spiro atoms. The molecule has 0 bridgehead atoms. The fourth-order valence-corrected chi connectivity index (χ4v) is 2.75. The van der Waals surface area contributed by atoms with Crippen LogP contribution in [0.5, 0.6) is 0 Å². The molecule has 3 aromatic rings. The summed E-state index contributed by atoms with van der Waals surface area (Å²) >= 11 is 0. The van der Waals surface area contributed by atoms with Crippen LogP contribution in [0.1, 0.15) is 23.5 Å². The molecule has 1 fully saturated rings. The molecule has 0 radical (unpaired) electrons. The van der Waals surface area contributed by atoms with Crippen LogP contribution >= 0.6 is 0 Å². The first kappa shape index (κ1) is 12.3. The van der Waals surface area contributed by atoms with Gasteiger partial charge in [0.15, 0.2) is 0 Å². The highest BCUT2D eigenvalue weighted by molar-refractivity contribution is 5.73. The van der Waals surface area contributed by atoms with Gasteiger partial charge in [-0.3, -0.25) is 4.79 Å². The molecule has 156 valence electrons. The monoisotopic (exact) mass is 420 g/mol. The Balaban J connectivity index is 1.75. The van der Waals surface area contributed by atoms with E-state index < -0.39 is 43.5 Å². The second-order valence-corrected chi connectivity index (χ2v) is 6.46. The Labute approximate surface area is 184 Å². The van der Waals surface area contributed by atoms with Crippen LogP contribution < -0.4 is 10.2 Å². The zero-order valence-electron chi connectivity index (χ0n) is 23.9. The van der Waals surface area contributed by atoms with Gasteiger partial charge >= 0.3 is 0 Å². The standard InChI is InChI=1S/C21H22F2N6O/c1-14-7-18(12-19(8-14)28-5-3-27(4-6-28)15(2)30)25-21-24-13-29(26-21)20-10-16(22)9-17(23)11-20/h7-13H,3-6H2,1-2H3,(H,25,26)/i3D2,4D2,5D2,6D2. The summed E-state index contributed by atoms with van der Waals surface area (Å²) in [5.74, 6) is -2.86. The summed E-state index contributed by atoms with van der Waals surface area (Å²) in [4.78, 5) is 16.4. The molecule has 0 saturated carbocycles. The van der Waals surface area contributed by atoms with Crippen molar-refractivity contribution in [2.45, 2.75) is 13.8 Å². The highest BCUT2D eigenvalue weighted by atomic mass is 19.1. The van der Waals surface area contributed by atoms with Crippen molar-refractivity contribution in [2.75, 3.05) is 36.2 Å². The van der Waals surface area contributed by atoms with Crippen molar-refractivity contribution < 1.29 is 24.5 Å². The number of aryl methyl sites for hydroxylation is 1. The van der Waals surface area contributed by atoms with Gasteiger partial charge in [-0.25, -0.2) is 13.5 Å². The number of hydrogen-bond acceptors (Lipinski definition) is 5. The second-order valence-electron chi connectivity index (χ2n) is 6.46. The van der Waals surface area contributed by atoms with Gasteiger partial charge in [0.2, 0.25) is 11.9 Å². The number of benzene rings is 2. The predicted octanol–water partition coefficient (Wildman–Crippen LogP) is 3.27. The molecule has 1 amide bonds. The van der Waals surface area contributed by atoms with E-state index in [1.54, 1.807) is 13.0 Å². The largest absolute Gasteiger partial charge is 0.368 e. The van der Waals surface area contributed by atoms with Crippen molar-refractivity contribution in [3.8, 4) is 5.69 Å². The lowest BCUT2D eigenvalue weighted by Crippen LogP contribution is -2.48. The molecule has 1 aliphatic heterocycles. The molecular weight excluding hydrogens is 390 g/mol. The zero-order valence-corrected chi connectivity index (χ0v) is 15.9. The Morgan fingerprint density at radius 3 is 2.40 bits per heavy atom. The fraction of sp³-hybridized carbons (Fsp3) is 0.286. The molecule has 9 heteroatoms. The van der Waals surface area contributed by atoms with E-state index in [4.69, 9.17) is 11.0 Å². The first-order chi connectivity index (χ1) is 17.4. The topological polar surface area (TPSA) is 66.3 Å². The van der Waals surface area contributed by atoms with Gasteiger partial charge in [-0.2, -0.15) is 4.98 Å². The van der Waals surface area contributed by atoms with Crippen LogP contribution in [0, 0.1) is 18.6 Å². The Hall–Kier alpha value is -3.49. The first-order valence-corrected chi connectivity index (χ1v) is 8.78. The van der Waals surface area contributed by atoms with Gasteiger partial charge in [0.25, 0.3) is 0 Å². The summed E-state index contributed by atoms with van der Waals surface area (Å²) in [5.41, 5.74) is 0.482. The molecule has 2 heterocycles. The van der Waals surface area contributed by atoms with Crippen LogP contribution in [-0.4, -0.2) is 51.6 Å². The van der Waals surface area contributed by atoms with Gasteiger partial charge < -0.3 is 15.1 Å². The van der Waals surface area contributed by atoms with E-state index in [-0.39, 0.29) is 27.9 Å². The van der Waals surface area contributed by atoms with Crippen molar-refractivity contribution in [3.63, 3.8) is 0 Å². The molecule has 1 N–H and O–H groups in total. The number of anilines is 3. The lowest BCUT2D eigenvalue weighted by molar-refractivity contribution is -0.129. The van der Waals surface area contributed by atoms with Gasteiger partial charge in [0.1, 0.15) is 18.0 Å². The minimum Gasteiger partial charge on any atom is -0.368 e. The Bertz CT molecular complexity index is 1370. The van der Waals surface area contributed by atoms with Crippen LogP contribution in [0.15, 0.2) is 42.7 Å². The first-order valence-electron chi connectivity index (χ1n) is 12.8. The Kier molecular flexibility index (Phi) is 3.31. The summed E-state index contributed by atoms with van der Waals surface area (Å²) in [7, 11) is 0. The number of amides is 1. The van der Waals surface area contributed by atoms with Crippen LogP contribution in [0.4, 0.5) is 26.1 Å². The van der Waals surface area contributed by atoms with Crippen molar-refractivity contribution >= 4 is 23.2 Å². The highest BCUT2D eigenvalue weighted by Crippen LogP contribution is 2.25. The van der Waals surface area contributed by atoms with E-state index in [1.807, 2.05) is 0 Å². The molecule has 1 saturated heterocycles. The van der Waals surface area contributed by atoms with Crippen LogP contribution in [0.25, 0.3) is 5.69 Å². The van der Waals surface area contributed by atoms with E-state index in [1.165, 1.54) is 18.5 Å². The number of nitrogens with one attached hydrogen (secondary N) is 1. The summed E-state index contributed by atoms with van der Waals surface area (Å²) < 4.78 is 95.3. The molecule has 0 unspecified atom stereocenters. The van der Waals surface area contributed by atoms with Gasteiger partial charge in [-0.1, -0.05) is 0 Å². The van der Waals surface area contributed by atoms with E-state index in [0.29, 0.717) is 16.5 Å². The number of halogens is 2. The number of hydrogen-bond donors (Lipinski definition) is 1. The van der Waals surface area contributed by atoms with Crippen LogP contribution in [0.3, 0.4) is 0 Å². The maximum absolute atomic E-state index is 13.6. The number of nitrogens with zero attached hydrogens (tertiary/aromatic N) is 5. The van der Waals surface area contributed by atoms with Crippen LogP contribution in [0.2, 0.25) is 0 Å². The van der Waals surface area contributed by atoms with E-state index >= 15 is 0 Å². The number of carbonyl (C=O) groups is 1. The Morgan fingerprint density at radius 1 is 1.03 bits per heavy atom. The average molecular weight is 420 g/mol. The third-order valence-electron chi connectivity index (χ3n) is 4.04. The lowest BCUT2D eigenvalue weighted by Gasteiger charge is -2.36. The summed E-state index contributed by atoms with van der Waals surface area (Å²) in [5, 5.41) is 6.91. The minimum atomic E-state index is -3.27. The molecule has 0 aliphatic carbocycles. The minimum absolute atomic E-state index is 0.0377. The number of piperazine rings is 1.